The Kier molecular flexibility index (Phi) is 5.10. The second-order valence-electron chi connectivity index (χ2n) is 13.7. The van der Waals surface area contributed by atoms with Crippen LogP contribution >= 0.6 is 0 Å². The third-order valence-corrected chi connectivity index (χ3v) is 12.5. The van der Waals surface area contributed by atoms with E-state index in [-0.39, 0.29) is 59.3 Å². The van der Waals surface area contributed by atoms with E-state index < -0.39 is 11.2 Å². The monoisotopic (exact) mass is 592 g/mol. The Morgan fingerprint density at radius 3 is 1.50 bits per heavy atom. The van der Waals surface area contributed by atoms with Crippen molar-refractivity contribution in [3.05, 3.63) is 81.9 Å². The van der Waals surface area contributed by atoms with Gasteiger partial charge in [-0.25, -0.2) is 9.59 Å². The van der Waals surface area contributed by atoms with Gasteiger partial charge in [0.2, 0.25) is 0 Å². The van der Waals surface area contributed by atoms with Crippen LogP contribution < -0.4 is 9.47 Å². The molecule has 4 aliphatic carbocycles. The van der Waals surface area contributed by atoms with Gasteiger partial charge >= 0.3 is 11.9 Å². The van der Waals surface area contributed by atoms with Crippen molar-refractivity contribution in [3.63, 3.8) is 0 Å². The molecule has 2 saturated heterocycles. The Hall–Kier alpha value is -3.84. The maximum absolute atomic E-state index is 14.5. The summed E-state index contributed by atoms with van der Waals surface area (Å²) in [6.45, 7) is 4.31. The molecule has 2 aliphatic heterocycles. The van der Waals surface area contributed by atoms with Crippen LogP contribution in [0, 0.1) is 23.7 Å². The predicted molar refractivity (Wildman–Crippen MR) is 162 cm³/mol. The van der Waals surface area contributed by atoms with Crippen molar-refractivity contribution >= 4 is 22.7 Å². The van der Waals surface area contributed by atoms with Gasteiger partial charge in [-0.1, -0.05) is 59.7 Å². The van der Waals surface area contributed by atoms with Gasteiger partial charge in [0.05, 0.1) is 28.4 Å². The molecule has 44 heavy (non-hydrogen) atoms. The SMILES string of the molecule is COC(=O)[C@@]12O[C@@](C(=O)OC)([C@@H]3[C@H]1[C@@H]1C[C@H]3c3c1c(OC)c1ccccc1c3OC)[C@@H]1[C@H]2[C@@H]2C(=C(C)C)[C@H]1c1ccccc12. The predicted octanol–water partition coefficient (Wildman–Crippen LogP) is 6.00. The molecule has 3 aromatic carbocycles. The molecule has 0 spiro atoms. The number of hydrogen-bond donors (Lipinski definition) is 0. The fourth-order valence-corrected chi connectivity index (χ4v) is 11.8. The summed E-state index contributed by atoms with van der Waals surface area (Å²) >= 11 is 0. The molecule has 0 aromatic heterocycles. The highest BCUT2D eigenvalue weighted by Gasteiger charge is 2.90. The highest BCUT2D eigenvalue weighted by Crippen LogP contribution is 2.85. The molecule has 9 rings (SSSR count). The van der Waals surface area contributed by atoms with E-state index in [0.717, 1.165) is 39.8 Å². The Morgan fingerprint density at radius 1 is 0.682 bits per heavy atom. The number of carbonyl (C=O) groups is 2. The Labute approximate surface area is 256 Å². The van der Waals surface area contributed by atoms with Crippen molar-refractivity contribution in [1.82, 2.24) is 0 Å². The van der Waals surface area contributed by atoms with Crippen LogP contribution in [-0.2, 0) is 23.8 Å². The molecule has 6 aliphatic rings. The summed E-state index contributed by atoms with van der Waals surface area (Å²) in [5, 5.41) is 1.96. The fraction of sp³-hybridized carbons (Fsp3) is 0.459. The largest absolute Gasteiger partial charge is 0.496 e. The Bertz CT molecular complexity index is 1730. The number of esters is 2. The van der Waals surface area contributed by atoms with E-state index in [2.05, 4.69) is 50.2 Å². The molecule has 2 saturated carbocycles. The first-order chi connectivity index (χ1) is 21.3. The first kappa shape index (κ1) is 26.6. The molecule has 7 heteroatoms. The average Bonchev–Trinajstić information content (AvgIpc) is 3.87. The van der Waals surface area contributed by atoms with E-state index in [1.54, 1.807) is 14.2 Å². The third kappa shape index (κ3) is 2.54. The number of benzene rings is 3. The minimum atomic E-state index is -1.31. The first-order valence-corrected chi connectivity index (χ1v) is 15.6. The summed E-state index contributed by atoms with van der Waals surface area (Å²) in [5.41, 5.74) is 4.56. The highest BCUT2D eigenvalue weighted by molar-refractivity contribution is 5.98. The van der Waals surface area contributed by atoms with Gasteiger partial charge in [0.1, 0.15) is 11.5 Å². The quantitative estimate of drug-likeness (QED) is 0.271. The van der Waals surface area contributed by atoms with E-state index in [0.29, 0.717) is 0 Å². The highest BCUT2D eigenvalue weighted by atomic mass is 16.6. The smallest absolute Gasteiger partial charge is 0.338 e. The Balaban J connectivity index is 1.37. The van der Waals surface area contributed by atoms with Crippen LogP contribution in [-0.4, -0.2) is 51.6 Å². The van der Waals surface area contributed by atoms with Crippen LogP contribution in [0.3, 0.4) is 0 Å². The summed E-state index contributed by atoms with van der Waals surface area (Å²) in [6.07, 6.45) is 0.784. The molecular weight excluding hydrogens is 556 g/mol. The van der Waals surface area contributed by atoms with Gasteiger partial charge in [-0.3, -0.25) is 0 Å². The molecule has 0 N–H and O–H groups in total. The molecule has 10 atom stereocenters. The van der Waals surface area contributed by atoms with Crippen molar-refractivity contribution in [2.45, 2.75) is 55.1 Å². The van der Waals surface area contributed by atoms with E-state index in [9.17, 15) is 9.59 Å². The van der Waals surface area contributed by atoms with Crippen LogP contribution in [0.1, 0.15) is 66.2 Å². The summed E-state index contributed by atoms with van der Waals surface area (Å²) in [7, 11) is 6.32. The van der Waals surface area contributed by atoms with Crippen molar-refractivity contribution < 1.29 is 33.3 Å². The summed E-state index contributed by atoms with van der Waals surface area (Å²) in [4.78, 5) is 29.0. The van der Waals surface area contributed by atoms with Gasteiger partial charge in [-0.15, -0.1) is 0 Å². The van der Waals surface area contributed by atoms with Crippen LogP contribution in [0.15, 0.2) is 59.7 Å². The number of carbonyl (C=O) groups excluding carboxylic acids is 2. The molecule has 0 unspecified atom stereocenters. The van der Waals surface area contributed by atoms with Crippen molar-refractivity contribution in [1.29, 1.82) is 0 Å². The summed E-state index contributed by atoms with van der Waals surface area (Å²) in [5.74, 6) is -0.436. The second kappa shape index (κ2) is 8.45. The molecule has 6 bridgehead atoms. The minimum Gasteiger partial charge on any atom is -0.496 e. The number of methoxy groups -OCH3 is 4. The van der Waals surface area contributed by atoms with E-state index >= 15 is 0 Å². The maximum Gasteiger partial charge on any atom is 0.338 e. The maximum atomic E-state index is 14.5. The van der Waals surface area contributed by atoms with Gasteiger partial charge in [-0.05, 0) is 43.2 Å². The lowest BCUT2D eigenvalue weighted by atomic mass is 9.49. The molecule has 7 nitrogen and oxygen atoms in total. The summed E-state index contributed by atoms with van der Waals surface area (Å²) in [6, 6.07) is 16.7. The number of fused-ring (bicyclic) bond motifs is 23. The van der Waals surface area contributed by atoms with E-state index in [1.807, 2.05) is 12.1 Å². The Morgan fingerprint density at radius 2 is 1.11 bits per heavy atom. The van der Waals surface area contributed by atoms with E-state index in [1.165, 1.54) is 36.5 Å². The lowest BCUT2D eigenvalue weighted by Crippen LogP contribution is -2.60. The third-order valence-electron chi connectivity index (χ3n) is 12.5. The van der Waals surface area contributed by atoms with Gasteiger partial charge < -0.3 is 23.7 Å². The van der Waals surface area contributed by atoms with Crippen LogP contribution in [0.4, 0.5) is 0 Å². The summed E-state index contributed by atoms with van der Waals surface area (Å²) < 4.78 is 31.0. The van der Waals surface area contributed by atoms with Gasteiger partial charge in [0.25, 0.3) is 0 Å². The zero-order valence-corrected chi connectivity index (χ0v) is 25.8. The van der Waals surface area contributed by atoms with Crippen LogP contribution in [0.25, 0.3) is 10.8 Å². The molecule has 0 amide bonds. The van der Waals surface area contributed by atoms with E-state index in [4.69, 9.17) is 23.7 Å². The first-order valence-electron chi connectivity index (χ1n) is 15.6. The van der Waals surface area contributed by atoms with Crippen molar-refractivity contribution in [2.24, 2.45) is 23.7 Å². The number of ether oxygens (including phenoxy) is 5. The van der Waals surface area contributed by atoms with Crippen molar-refractivity contribution in [2.75, 3.05) is 28.4 Å². The topological polar surface area (TPSA) is 80.3 Å². The fourth-order valence-electron chi connectivity index (χ4n) is 11.8. The number of rotatable bonds is 4. The molecule has 226 valence electrons. The molecule has 0 radical (unpaired) electrons. The van der Waals surface area contributed by atoms with Crippen LogP contribution in [0.2, 0.25) is 0 Å². The molecule has 2 heterocycles. The number of hydrogen-bond acceptors (Lipinski definition) is 7. The minimum absolute atomic E-state index is 0.0376. The lowest BCUT2D eigenvalue weighted by molar-refractivity contribution is -0.185. The average molecular weight is 593 g/mol. The molecule has 4 fully saturated rings. The normalized spacial score (nSPS) is 37.5. The van der Waals surface area contributed by atoms with Gasteiger partial charge in [0.15, 0.2) is 11.2 Å². The zero-order chi connectivity index (χ0) is 30.4. The number of allylic oxidation sites excluding steroid dienone is 2. The zero-order valence-electron chi connectivity index (χ0n) is 25.8. The second-order valence-corrected chi connectivity index (χ2v) is 13.7. The molecule has 3 aromatic rings. The van der Waals surface area contributed by atoms with Gasteiger partial charge in [-0.2, -0.15) is 0 Å². The molecular formula is C37H36O7. The van der Waals surface area contributed by atoms with Crippen LogP contribution in [0.5, 0.6) is 11.5 Å². The van der Waals surface area contributed by atoms with Crippen molar-refractivity contribution in [3.8, 4) is 11.5 Å². The standard InChI is InChI=1S/C37H36O7/c1-16(2)23-24-17-11-7-8-12-18(17)25(23)31-30(24)36(34(38)42-5)28-21-15-22(29(28)37(31,44-36)35(39)43-6)27-26(21)32(40-3)19-13-9-10-14-20(19)33(27)41-4/h7-14,21-22,24-25,28-31H,15H2,1-6H3/t21-,22+,24+,25-,28-,29+,30-,31+,36-,37+. The van der Waals surface area contributed by atoms with Gasteiger partial charge in [0, 0.05) is 57.4 Å². The lowest BCUT2D eigenvalue weighted by Gasteiger charge is -2.49.